The maximum Gasteiger partial charge on any atom is 0.243 e. The van der Waals surface area contributed by atoms with Crippen LogP contribution in [0.5, 0.6) is 0 Å². The van der Waals surface area contributed by atoms with E-state index in [2.05, 4.69) is 29.5 Å². The molecule has 0 aromatic carbocycles. The number of nitrogens with one attached hydrogen (secondary N) is 2. The topological polar surface area (TPSA) is 66.0 Å². The molecule has 1 amide bonds. The zero-order valence-electron chi connectivity index (χ0n) is 16.6. The number of amides is 1. The third-order valence-corrected chi connectivity index (χ3v) is 4.61. The lowest BCUT2D eigenvalue weighted by molar-refractivity contribution is -0.127. The fraction of sp³-hybridized carbons (Fsp3) is 0.889. The maximum absolute atomic E-state index is 11.8. The third kappa shape index (κ3) is 9.63. The average Bonchev–Trinajstić information content (AvgIpc) is 2.97. The highest BCUT2D eigenvalue weighted by Gasteiger charge is 2.34. The monoisotopic (exact) mass is 468 g/mol. The summed E-state index contributed by atoms with van der Waals surface area (Å²) in [5, 5.41) is 6.73. The molecular weight excluding hydrogens is 431 g/mol. The number of ether oxygens (including phenoxy) is 1. The summed E-state index contributed by atoms with van der Waals surface area (Å²) in [6.07, 6.45) is 6.43. The molecule has 1 saturated carbocycles. The first-order valence-electron chi connectivity index (χ1n) is 9.10. The predicted octanol–water partition coefficient (Wildman–Crippen LogP) is 2.48. The molecule has 0 aromatic heterocycles. The minimum Gasteiger partial charge on any atom is -0.383 e. The van der Waals surface area contributed by atoms with E-state index in [0.717, 1.165) is 6.54 Å². The number of hydrogen-bond donors (Lipinski definition) is 2. The highest BCUT2D eigenvalue weighted by molar-refractivity contribution is 14.0. The lowest BCUT2D eigenvalue weighted by atomic mass is 9.78. The minimum absolute atomic E-state index is 0. The molecule has 0 aliphatic heterocycles. The first-order valence-corrected chi connectivity index (χ1v) is 9.10. The molecule has 1 aliphatic carbocycles. The lowest BCUT2D eigenvalue weighted by Crippen LogP contribution is -2.45. The second-order valence-corrected chi connectivity index (χ2v) is 7.53. The Morgan fingerprint density at radius 1 is 1.24 bits per heavy atom. The normalized spacial score (nSPS) is 16.5. The van der Waals surface area contributed by atoms with Gasteiger partial charge in [-0.25, -0.2) is 4.99 Å². The van der Waals surface area contributed by atoms with E-state index in [0.29, 0.717) is 30.4 Å². The number of nitrogens with zero attached hydrogens (tertiary/aromatic N) is 2. The SMILES string of the molecule is COCCNC(=NCC(=O)N(C)C)NCC1(CC(C)C)CCCC1.I. The summed E-state index contributed by atoms with van der Waals surface area (Å²) < 4.78 is 5.09. The van der Waals surface area contributed by atoms with E-state index in [1.807, 2.05) is 0 Å². The summed E-state index contributed by atoms with van der Waals surface area (Å²) in [5.41, 5.74) is 0.365. The molecule has 1 rings (SSSR count). The molecule has 0 bridgehead atoms. The van der Waals surface area contributed by atoms with E-state index >= 15 is 0 Å². The zero-order chi connectivity index (χ0) is 18.0. The number of guanidine groups is 1. The van der Waals surface area contributed by atoms with Crippen LogP contribution >= 0.6 is 24.0 Å². The van der Waals surface area contributed by atoms with Crippen molar-refractivity contribution in [3.05, 3.63) is 0 Å². The van der Waals surface area contributed by atoms with Crippen molar-refractivity contribution < 1.29 is 9.53 Å². The lowest BCUT2D eigenvalue weighted by Gasteiger charge is -2.32. The molecule has 6 nitrogen and oxygen atoms in total. The van der Waals surface area contributed by atoms with Crippen LogP contribution in [-0.4, -0.2) is 64.2 Å². The van der Waals surface area contributed by atoms with Gasteiger partial charge in [0, 0.05) is 34.3 Å². The highest BCUT2D eigenvalue weighted by atomic mass is 127. The van der Waals surface area contributed by atoms with Gasteiger partial charge in [0.15, 0.2) is 5.96 Å². The van der Waals surface area contributed by atoms with Crippen molar-refractivity contribution in [2.24, 2.45) is 16.3 Å². The zero-order valence-corrected chi connectivity index (χ0v) is 18.9. The molecule has 0 radical (unpaired) electrons. The van der Waals surface area contributed by atoms with Crippen molar-refractivity contribution in [1.29, 1.82) is 0 Å². The van der Waals surface area contributed by atoms with Crippen molar-refractivity contribution in [3.8, 4) is 0 Å². The molecular formula is C18H37IN4O2. The van der Waals surface area contributed by atoms with Crippen LogP contribution in [0.15, 0.2) is 4.99 Å². The van der Waals surface area contributed by atoms with Gasteiger partial charge in [0.25, 0.3) is 0 Å². The number of carbonyl (C=O) groups is 1. The molecule has 0 aromatic rings. The molecule has 148 valence electrons. The van der Waals surface area contributed by atoms with E-state index in [1.165, 1.54) is 32.1 Å². The van der Waals surface area contributed by atoms with Crippen LogP contribution in [0.25, 0.3) is 0 Å². The standard InChI is InChI=1S/C18H36N4O2.HI/c1-15(2)12-18(8-6-7-9-18)14-21-17(19-10-11-24-5)20-13-16(23)22(3)4;/h15H,6-14H2,1-5H3,(H2,19,20,21);1H. The number of rotatable bonds is 9. The van der Waals surface area contributed by atoms with E-state index in [4.69, 9.17) is 4.74 Å². The van der Waals surface area contributed by atoms with Crippen LogP contribution in [0.3, 0.4) is 0 Å². The van der Waals surface area contributed by atoms with E-state index in [1.54, 1.807) is 26.1 Å². The van der Waals surface area contributed by atoms with Crippen LogP contribution in [-0.2, 0) is 9.53 Å². The first-order chi connectivity index (χ1) is 11.4. The Morgan fingerprint density at radius 3 is 2.40 bits per heavy atom. The van der Waals surface area contributed by atoms with Crippen molar-refractivity contribution in [1.82, 2.24) is 15.5 Å². The molecule has 2 N–H and O–H groups in total. The van der Waals surface area contributed by atoms with Crippen LogP contribution in [0.1, 0.15) is 46.0 Å². The van der Waals surface area contributed by atoms with Crippen molar-refractivity contribution >= 4 is 35.8 Å². The Bertz CT molecular complexity index is 408. The molecule has 7 heteroatoms. The number of methoxy groups -OCH3 is 1. The summed E-state index contributed by atoms with van der Waals surface area (Å²) in [5.74, 6) is 1.40. The number of halogens is 1. The summed E-state index contributed by atoms with van der Waals surface area (Å²) in [7, 11) is 5.18. The van der Waals surface area contributed by atoms with Crippen molar-refractivity contribution in [3.63, 3.8) is 0 Å². The van der Waals surface area contributed by atoms with Gasteiger partial charge >= 0.3 is 0 Å². The summed E-state index contributed by atoms with van der Waals surface area (Å²) in [6.45, 7) is 6.95. The van der Waals surface area contributed by atoms with E-state index in [-0.39, 0.29) is 36.4 Å². The molecule has 0 heterocycles. The van der Waals surface area contributed by atoms with Gasteiger partial charge in [-0.3, -0.25) is 4.79 Å². The summed E-state index contributed by atoms with van der Waals surface area (Å²) in [6, 6.07) is 0. The molecule has 0 atom stereocenters. The molecule has 25 heavy (non-hydrogen) atoms. The van der Waals surface area contributed by atoms with Crippen LogP contribution < -0.4 is 10.6 Å². The summed E-state index contributed by atoms with van der Waals surface area (Å²) in [4.78, 5) is 17.8. The quantitative estimate of drug-likeness (QED) is 0.236. The molecule has 1 aliphatic rings. The average molecular weight is 468 g/mol. The van der Waals surface area contributed by atoms with E-state index in [9.17, 15) is 4.79 Å². The van der Waals surface area contributed by atoms with Gasteiger partial charge < -0.3 is 20.3 Å². The predicted molar refractivity (Wildman–Crippen MR) is 115 cm³/mol. The fourth-order valence-corrected chi connectivity index (χ4v) is 3.45. The highest BCUT2D eigenvalue weighted by Crippen LogP contribution is 2.42. The Kier molecular flexibility index (Phi) is 12.4. The maximum atomic E-state index is 11.8. The number of aliphatic imine (C=N–C) groups is 1. The smallest absolute Gasteiger partial charge is 0.243 e. The van der Waals surface area contributed by atoms with Gasteiger partial charge in [-0.1, -0.05) is 26.7 Å². The van der Waals surface area contributed by atoms with Gasteiger partial charge in [0.05, 0.1) is 6.61 Å². The molecule has 0 spiro atoms. The Morgan fingerprint density at radius 2 is 1.88 bits per heavy atom. The van der Waals surface area contributed by atoms with Crippen LogP contribution in [0, 0.1) is 11.3 Å². The summed E-state index contributed by atoms with van der Waals surface area (Å²) >= 11 is 0. The van der Waals surface area contributed by atoms with Crippen LogP contribution in [0.4, 0.5) is 0 Å². The second kappa shape index (κ2) is 12.7. The Balaban J connectivity index is 0.00000576. The minimum atomic E-state index is 0. The van der Waals surface area contributed by atoms with Gasteiger partial charge in [0.1, 0.15) is 6.54 Å². The number of hydrogen-bond acceptors (Lipinski definition) is 3. The number of likely N-dealkylation sites (N-methyl/N-ethyl adjacent to an activating group) is 1. The van der Waals surface area contributed by atoms with Gasteiger partial charge in [-0.2, -0.15) is 0 Å². The van der Waals surface area contributed by atoms with Gasteiger partial charge in [-0.05, 0) is 30.6 Å². The van der Waals surface area contributed by atoms with Crippen molar-refractivity contribution in [2.75, 3.05) is 47.4 Å². The molecule has 0 unspecified atom stereocenters. The Hall–Kier alpha value is -0.570. The first kappa shape index (κ1) is 24.4. The fourth-order valence-electron chi connectivity index (χ4n) is 3.45. The van der Waals surface area contributed by atoms with Crippen molar-refractivity contribution in [2.45, 2.75) is 46.0 Å². The largest absolute Gasteiger partial charge is 0.383 e. The van der Waals surface area contributed by atoms with Crippen LogP contribution in [0.2, 0.25) is 0 Å². The number of carbonyl (C=O) groups excluding carboxylic acids is 1. The van der Waals surface area contributed by atoms with Gasteiger partial charge in [0.2, 0.25) is 5.91 Å². The third-order valence-electron chi connectivity index (χ3n) is 4.61. The van der Waals surface area contributed by atoms with E-state index < -0.39 is 0 Å². The second-order valence-electron chi connectivity index (χ2n) is 7.53. The Labute approximate surface area is 170 Å². The molecule has 1 fully saturated rings. The molecule has 0 saturated heterocycles. The van der Waals surface area contributed by atoms with Gasteiger partial charge in [-0.15, -0.1) is 24.0 Å².